The molecular formula is C8H7BrNO. The molecule has 1 aromatic carbocycles. The Morgan fingerprint density at radius 3 is 2.82 bits per heavy atom. The number of nitrogen functional groups attached to an aromatic ring is 1. The second kappa shape index (κ2) is 3.53. The van der Waals surface area contributed by atoms with Crippen molar-refractivity contribution in [2.24, 2.45) is 0 Å². The average molecular weight is 213 g/mol. The van der Waals surface area contributed by atoms with Crippen LogP contribution in [0, 0.1) is 0 Å². The highest BCUT2D eigenvalue weighted by Crippen LogP contribution is 2.21. The van der Waals surface area contributed by atoms with Gasteiger partial charge in [-0.05, 0) is 17.7 Å². The Hall–Kier alpha value is -0.830. The van der Waals surface area contributed by atoms with Gasteiger partial charge in [0.05, 0.1) is 0 Å². The quantitative estimate of drug-likeness (QED) is 0.601. The third-order valence-electron chi connectivity index (χ3n) is 1.31. The Labute approximate surface area is 73.5 Å². The fourth-order valence-corrected chi connectivity index (χ4v) is 1.07. The predicted octanol–water partition coefficient (Wildman–Crippen LogP) is 1.81. The van der Waals surface area contributed by atoms with Crippen LogP contribution in [0.1, 0.15) is 10.4 Å². The Kier molecular flexibility index (Phi) is 2.65. The molecule has 11 heavy (non-hydrogen) atoms. The molecule has 0 spiro atoms. The van der Waals surface area contributed by atoms with Crippen molar-refractivity contribution in [3.8, 4) is 0 Å². The molecule has 1 aromatic rings. The minimum absolute atomic E-state index is 0.369. The zero-order valence-electron chi connectivity index (χ0n) is 5.75. The lowest BCUT2D eigenvalue weighted by atomic mass is 10.1. The van der Waals surface area contributed by atoms with Crippen LogP contribution in [-0.4, -0.2) is 6.29 Å². The van der Waals surface area contributed by atoms with E-state index < -0.39 is 0 Å². The van der Waals surface area contributed by atoms with E-state index in [0.29, 0.717) is 5.69 Å². The van der Waals surface area contributed by atoms with Crippen LogP contribution in [0.5, 0.6) is 0 Å². The number of anilines is 1. The van der Waals surface area contributed by atoms with E-state index in [9.17, 15) is 4.79 Å². The van der Waals surface area contributed by atoms with Gasteiger partial charge in [-0.15, -0.1) is 0 Å². The van der Waals surface area contributed by atoms with Crippen LogP contribution in [0.15, 0.2) is 24.3 Å². The van der Waals surface area contributed by atoms with Crippen LogP contribution < -0.4 is 5.73 Å². The summed E-state index contributed by atoms with van der Waals surface area (Å²) in [5.41, 5.74) is 6.99. The van der Waals surface area contributed by atoms with Crippen molar-refractivity contribution < 1.29 is 4.79 Å². The predicted molar refractivity (Wildman–Crippen MR) is 48.2 cm³/mol. The molecule has 1 atom stereocenters. The van der Waals surface area contributed by atoms with E-state index in [1.807, 2.05) is 12.4 Å². The van der Waals surface area contributed by atoms with Crippen molar-refractivity contribution in [1.82, 2.24) is 0 Å². The summed E-state index contributed by atoms with van der Waals surface area (Å²) in [5.74, 6) is 0. The van der Waals surface area contributed by atoms with E-state index in [1.165, 1.54) is 0 Å². The monoisotopic (exact) mass is 212 g/mol. The maximum absolute atomic E-state index is 10.2. The number of halogens is 1. The molecule has 1 radical (unpaired) electrons. The molecule has 0 saturated carbocycles. The Morgan fingerprint density at radius 2 is 2.27 bits per heavy atom. The molecule has 0 bridgehead atoms. The Bertz CT molecular complexity index is 262. The van der Waals surface area contributed by atoms with Crippen molar-refractivity contribution in [2.45, 2.75) is 4.83 Å². The molecule has 2 nitrogen and oxygen atoms in total. The number of alkyl halides is 1. The van der Waals surface area contributed by atoms with Crippen molar-refractivity contribution in [3.63, 3.8) is 0 Å². The molecule has 0 aliphatic carbocycles. The molecule has 0 fully saturated rings. The summed E-state index contributed by atoms with van der Waals surface area (Å²) in [4.78, 5) is 9.83. The van der Waals surface area contributed by atoms with Gasteiger partial charge in [-0.25, -0.2) is 0 Å². The molecule has 0 aromatic heterocycles. The molecule has 0 aliphatic rings. The van der Waals surface area contributed by atoms with Crippen LogP contribution in [0.4, 0.5) is 5.69 Å². The SMILES string of the molecule is Nc1cccc(C(Br)[C]=O)c1. The van der Waals surface area contributed by atoms with Gasteiger partial charge in [0.2, 0.25) is 6.29 Å². The highest BCUT2D eigenvalue weighted by molar-refractivity contribution is 9.09. The van der Waals surface area contributed by atoms with Crippen molar-refractivity contribution in [2.75, 3.05) is 5.73 Å². The third kappa shape index (κ3) is 2.05. The summed E-state index contributed by atoms with van der Waals surface area (Å²) in [5, 5.41) is 0. The number of hydrogen-bond acceptors (Lipinski definition) is 2. The van der Waals surface area contributed by atoms with Crippen molar-refractivity contribution in [3.05, 3.63) is 29.8 Å². The first-order chi connectivity index (χ1) is 5.24. The van der Waals surface area contributed by atoms with Crippen LogP contribution >= 0.6 is 15.9 Å². The standard InChI is InChI=1S/C8H7BrNO/c9-8(5-11)6-2-1-3-7(10)4-6/h1-4,8H,10H2. The lowest BCUT2D eigenvalue weighted by Gasteiger charge is -2.01. The number of rotatable bonds is 2. The topological polar surface area (TPSA) is 43.1 Å². The van der Waals surface area contributed by atoms with Crippen LogP contribution in [0.2, 0.25) is 0 Å². The van der Waals surface area contributed by atoms with Crippen molar-refractivity contribution in [1.29, 1.82) is 0 Å². The minimum atomic E-state index is -0.369. The number of nitrogens with two attached hydrogens (primary N) is 1. The van der Waals surface area contributed by atoms with Gasteiger partial charge in [-0.2, -0.15) is 0 Å². The summed E-state index contributed by atoms with van der Waals surface area (Å²) in [6, 6.07) is 7.13. The van der Waals surface area contributed by atoms with E-state index in [0.717, 1.165) is 5.56 Å². The number of hydrogen-bond donors (Lipinski definition) is 1. The van der Waals surface area contributed by atoms with Gasteiger partial charge in [0.25, 0.3) is 0 Å². The first kappa shape index (κ1) is 8.27. The van der Waals surface area contributed by atoms with Gasteiger partial charge in [-0.3, -0.25) is 4.79 Å². The second-order valence-electron chi connectivity index (χ2n) is 2.15. The highest BCUT2D eigenvalue weighted by Gasteiger charge is 2.05. The molecule has 2 N–H and O–H groups in total. The molecule has 57 valence electrons. The minimum Gasteiger partial charge on any atom is -0.399 e. The van der Waals surface area contributed by atoms with Crippen LogP contribution in [0.3, 0.4) is 0 Å². The summed E-state index contributed by atoms with van der Waals surface area (Å²) >= 11 is 3.14. The third-order valence-corrected chi connectivity index (χ3v) is 2.02. The van der Waals surface area contributed by atoms with E-state index in [2.05, 4.69) is 15.9 Å². The fourth-order valence-electron chi connectivity index (χ4n) is 0.785. The molecule has 0 heterocycles. The summed E-state index contributed by atoms with van der Waals surface area (Å²) < 4.78 is 0. The van der Waals surface area contributed by atoms with Gasteiger partial charge < -0.3 is 5.73 Å². The fraction of sp³-hybridized carbons (Fsp3) is 0.125. The molecular weight excluding hydrogens is 206 g/mol. The van der Waals surface area contributed by atoms with E-state index in [1.54, 1.807) is 18.2 Å². The van der Waals surface area contributed by atoms with Gasteiger partial charge in [0.1, 0.15) is 4.83 Å². The smallest absolute Gasteiger partial charge is 0.217 e. The van der Waals surface area contributed by atoms with E-state index >= 15 is 0 Å². The Morgan fingerprint density at radius 1 is 1.55 bits per heavy atom. The van der Waals surface area contributed by atoms with Gasteiger partial charge in [-0.1, -0.05) is 28.1 Å². The van der Waals surface area contributed by atoms with Crippen LogP contribution in [0.25, 0.3) is 0 Å². The van der Waals surface area contributed by atoms with E-state index in [4.69, 9.17) is 5.73 Å². The first-order valence-corrected chi connectivity index (χ1v) is 4.03. The summed E-state index contributed by atoms with van der Waals surface area (Å²) in [6.45, 7) is 0. The first-order valence-electron chi connectivity index (χ1n) is 3.11. The average Bonchev–Trinajstić information content (AvgIpc) is 2.03. The normalized spacial score (nSPS) is 12.5. The van der Waals surface area contributed by atoms with E-state index in [-0.39, 0.29) is 4.83 Å². The molecule has 0 saturated heterocycles. The highest BCUT2D eigenvalue weighted by atomic mass is 79.9. The lowest BCUT2D eigenvalue weighted by Crippen LogP contribution is -1.92. The van der Waals surface area contributed by atoms with Crippen molar-refractivity contribution >= 4 is 27.9 Å². The maximum atomic E-state index is 10.2. The Balaban J connectivity index is 2.95. The molecule has 1 rings (SSSR count). The zero-order chi connectivity index (χ0) is 8.27. The molecule has 0 amide bonds. The van der Waals surface area contributed by atoms with Gasteiger partial charge in [0, 0.05) is 5.69 Å². The number of carbonyl (C=O) groups excluding carboxylic acids is 1. The largest absolute Gasteiger partial charge is 0.399 e. The zero-order valence-corrected chi connectivity index (χ0v) is 7.34. The van der Waals surface area contributed by atoms with Gasteiger partial charge in [0.15, 0.2) is 0 Å². The molecule has 1 unspecified atom stereocenters. The second-order valence-corrected chi connectivity index (χ2v) is 3.07. The summed E-state index contributed by atoms with van der Waals surface area (Å²) in [6.07, 6.45) is 1.82. The number of benzene rings is 1. The maximum Gasteiger partial charge on any atom is 0.217 e. The lowest BCUT2D eigenvalue weighted by molar-refractivity contribution is 0.555. The molecule has 3 heteroatoms. The molecule has 0 aliphatic heterocycles. The van der Waals surface area contributed by atoms with Crippen LogP contribution in [-0.2, 0) is 4.79 Å². The van der Waals surface area contributed by atoms with Gasteiger partial charge >= 0.3 is 0 Å². The summed E-state index contributed by atoms with van der Waals surface area (Å²) in [7, 11) is 0.